The Morgan fingerprint density at radius 2 is 1.79 bits per heavy atom. The Kier molecular flexibility index (Phi) is 6.06. The maximum atomic E-state index is 12.7. The Hall–Kier alpha value is -2.20. The molecule has 0 spiro atoms. The summed E-state index contributed by atoms with van der Waals surface area (Å²) in [6.07, 6.45) is 6.65. The van der Waals surface area contributed by atoms with Gasteiger partial charge in [0.2, 0.25) is 5.91 Å². The molecule has 28 heavy (non-hydrogen) atoms. The highest BCUT2D eigenvalue weighted by molar-refractivity contribution is 5.78. The maximum Gasteiger partial charge on any atom is 0.236 e. The first-order chi connectivity index (χ1) is 13.7. The molecule has 4 rings (SSSR count). The van der Waals surface area contributed by atoms with Crippen LogP contribution in [-0.2, 0) is 11.2 Å². The fourth-order valence-electron chi connectivity index (χ4n) is 4.46. The van der Waals surface area contributed by atoms with Crippen molar-refractivity contribution in [2.24, 2.45) is 0 Å². The molecule has 1 aromatic carbocycles. The molecule has 2 aliphatic rings. The van der Waals surface area contributed by atoms with E-state index in [0.717, 1.165) is 63.1 Å². The molecule has 1 unspecified atom stereocenters. The first-order valence-corrected chi connectivity index (χ1v) is 10.7. The molecule has 1 aromatic heterocycles. The predicted octanol–water partition coefficient (Wildman–Crippen LogP) is 4.13. The van der Waals surface area contributed by atoms with Gasteiger partial charge in [0.15, 0.2) is 0 Å². The number of likely N-dealkylation sites (tertiary alicyclic amines) is 2. The molecule has 0 N–H and O–H groups in total. The summed E-state index contributed by atoms with van der Waals surface area (Å²) in [5.41, 5.74) is 4.80. The van der Waals surface area contributed by atoms with Gasteiger partial charge >= 0.3 is 0 Å². The Balaban J connectivity index is 1.43. The van der Waals surface area contributed by atoms with Crippen molar-refractivity contribution in [1.82, 2.24) is 14.8 Å². The van der Waals surface area contributed by atoms with Crippen molar-refractivity contribution in [2.45, 2.75) is 51.5 Å². The topological polar surface area (TPSA) is 36.4 Å². The number of amides is 1. The summed E-state index contributed by atoms with van der Waals surface area (Å²) >= 11 is 0. The average molecular weight is 378 g/mol. The van der Waals surface area contributed by atoms with Crippen molar-refractivity contribution >= 4 is 5.91 Å². The molecule has 2 aromatic rings. The smallest absolute Gasteiger partial charge is 0.236 e. The molecule has 4 heteroatoms. The highest BCUT2D eigenvalue weighted by Gasteiger charge is 2.30. The third-order valence-electron chi connectivity index (χ3n) is 6.09. The summed E-state index contributed by atoms with van der Waals surface area (Å²) in [6, 6.07) is 15.3. The molecular weight excluding hydrogens is 346 g/mol. The fourth-order valence-corrected chi connectivity index (χ4v) is 4.46. The number of hydrogen-bond donors (Lipinski definition) is 0. The van der Waals surface area contributed by atoms with E-state index in [1.807, 2.05) is 0 Å². The number of piperidine rings is 1. The Labute approximate surface area is 168 Å². The van der Waals surface area contributed by atoms with Gasteiger partial charge in [0.25, 0.3) is 0 Å². The molecule has 3 heterocycles. The monoisotopic (exact) mass is 377 g/mol. The second-order valence-corrected chi connectivity index (χ2v) is 8.29. The summed E-state index contributed by atoms with van der Waals surface area (Å²) in [4.78, 5) is 22.1. The zero-order valence-corrected chi connectivity index (χ0v) is 16.9. The lowest BCUT2D eigenvalue weighted by atomic mass is 10.1. The van der Waals surface area contributed by atoms with Gasteiger partial charge in [-0.15, -0.1) is 0 Å². The number of aromatic nitrogens is 1. The Morgan fingerprint density at radius 3 is 2.57 bits per heavy atom. The Morgan fingerprint density at radius 1 is 1.00 bits per heavy atom. The second kappa shape index (κ2) is 8.87. The minimum atomic E-state index is 0.270. The van der Waals surface area contributed by atoms with Crippen molar-refractivity contribution < 1.29 is 4.79 Å². The molecule has 0 radical (unpaired) electrons. The van der Waals surface area contributed by atoms with Crippen LogP contribution in [0.5, 0.6) is 0 Å². The van der Waals surface area contributed by atoms with E-state index in [1.165, 1.54) is 17.5 Å². The van der Waals surface area contributed by atoms with Crippen LogP contribution in [0.15, 0.2) is 42.5 Å². The van der Waals surface area contributed by atoms with Crippen LogP contribution in [-0.4, -0.2) is 46.9 Å². The number of carbonyl (C=O) groups is 1. The molecule has 0 saturated carbocycles. The minimum Gasteiger partial charge on any atom is -0.342 e. The molecule has 0 bridgehead atoms. The quantitative estimate of drug-likeness (QED) is 0.786. The van der Waals surface area contributed by atoms with Crippen LogP contribution in [0, 0.1) is 6.92 Å². The molecule has 4 nitrogen and oxygen atoms in total. The average Bonchev–Trinajstić information content (AvgIpc) is 3.19. The standard InChI is InChI=1S/C24H31N3O/c1-19-10-12-20(13-11-19)17-21-7-5-8-22(25-21)23-9-6-16-27(23)18-24(28)26-14-3-2-4-15-26/h5,7-8,10-13,23H,2-4,6,9,14-18H2,1H3. The van der Waals surface area contributed by atoms with Crippen LogP contribution in [0.25, 0.3) is 0 Å². The lowest BCUT2D eigenvalue weighted by Gasteiger charge is -2.30. The number of rotatable bonds is 5. The number of pyridine rings is 1. The van der Waals surface area contributed by atoms with Crippen LogP contribution in [0.1, 0.15) is 60.7 Å². The van der Waals surface area contributed by atoms with Crippen molar-refractivity contribution in [3.8, 4) is 0 Å². The summed E-state index contributed by atoms with van der Waals surface area (Å²) in [5.74, 6) is 0.294. The van der Waals surface area contributed by atoms with Gasteiger partial charge < -0.3 is 4.90 Å². The van der Waals surface area contributed by atoms with Crippen molar-refractivity contribution in [1.29, 1.82) is 0 Å². The minimum absolute atomic E-state index is 0.270. The molecule has 148 valence electrons. The number of benzene rings is 1. The van der Waals surface area contributed by atoms with Gasteiger partial charge in [-0.1, -0.05) is 35.9 Å². The third-order valence-corrected chi connectivity index (χ3v) is 6.09. The van der Waals surface area contributed by atoms with Crippen LogP contribution in [0.4, 0.5) is 0 Å². The number of aryl methyl sites for hydroxylation is 1. The van der Waals surface area contributed by atoms with Gasteiger partial charge in [-0.3, -0.25) is 14.7 Å². The largest absolute Gasteiger partial charge is 0.342 e. The summed E-state index contributed by atoms with van der Waals surface area (Å²) in [7, 11) is 0. The lowest BCUT2D eigenvalue weighted by Crippen LogP contribution is -2.42. The molecule has 1 amide bonds. The fraction of sp³-hybridized carbons (Fsp3) is 0.500. The van der Waals surface area contributed by atoms with Gasteiger partial charge in [-0.25, -0.2) is 0 Å². The summed E-state index contributed by atoms with van der Waals surface area (Å²) in [6.45, 7) is 5.51. The highest BCUT2D eigenvalue weighted by Crippen LogP contribution is 2.31. The maximum absolute atomic E-state index is 12.7. The first-order valence-electron chi connectivity index (χ1n) is 10.7. The van der Waals surface area contributed by atoms with Gasteiger partial charge in [0.1, 0.15) is 0 Å². The molecule has 2 saturated heterocycles. The SMILES string of the molecule is Cc1ccc(Cc2cccc(C3CCCN3CC(=O)N3CCCCC3)n2)cc1. The van der Waals surface area contributed by atoms with Crippen LogP contribution in [0.2, 0.25) is 0 Å². The van der Waals surface area contributed by atoms with Crippen LogP contribution < -0.4 is 0 Å². The molecular formula is C24H31N3O. The zero-order chi connectivity index (χ0) is 19.3. The van der Waals surface area contributed by atoms with E-state index in [1.54, 1.807) is 0 Å². The van der Waals surface area contributed by atoms with E-state index in [-0.39, 0.29) is 6.04 Å². The molecule has 0 aliphatic carbocycles. The van der Waals surface area contributed by atoms with E-state index >= 15 is 0 Å². The van der Waals surface area contributed by atoms with Gasteiger partial charge in [0.05, 0.1) is 18.3 Å². The van der Waals surface area contributed by atoms with Gasteiger partial charge in [-0.05, 0) is 63.3 Å². The van der Waals surface area contributed by atoms with E-state index in [9.17, 15) is 4.79 Å². The van der Waals surface area contributed by atoms with Crippen molar-refractivity contribution in [3.05, 3.63) is 65.0 Å². The highest BCUT2D eigenvalue weighted by atomic mass is 16.2. The van der Waals surface area contributed by atoms with Gasteiger partial charge in [-0.2, -0.15) is 0 Å². The molecule has 2 fully saturated rings. The second-order valence-electron chi connectivity index (χ2n) is 8.29. The van der Waals surface area contributed by atoms with Crippen LogP contribution in [0.3, 0.4) is 0 Å². The molecule has 2 aliphatic heterocycles. The van der Waals surface area contributed by atoms with E-state index in [4.69, 9.17) is 4.98 Å². The predicted molar refractivity (Wildman–Crippen MR) is 112 cm³/mol. The van der Waals surface area contributed by atoms with Crippen LogP contribution >= 0.6 is 0 Å². The van der Waals surface area contributed by atoms with E-state index in [2.05, 4.69) is 59.2 Å². The lowest BCUT2D eigenvalue weighted by molar-refractivity contribution is -0.133. The van der Waals surface area contributed by atoms with Crippen molar-refractivity contribution in [2.75, 3.05) is 26.2 Å². The number of hydrogen-bond acceptors (Lipinski definition) is 3. The Bertz CT molecular complexity index is 796. The normalized spacial score (nSPS) is 20.5. The molecule has 1 atom stereocenters. The summed E-state index contributed by atoms with van der Waals surface area (Å²) in [5, 5.41) is 0. The first kappa shape index (κ1) is 19.1. The van der Waals surface area contributed by atoms with Gasteiger partial charge in [0, 0.05) is 25.2 Å². The number of nitrogens with zero attached hydrogens (tertiary/aromatic N) is 3. The third kappa shape index (κ3) is 4.61. The van der Waals surface area contributed by atoms with Crippen molar-refractivity contribution in [3.63, 3.8) is 0 Å². The van der Waals surface area contributed by atoms with E-state index in [0.29, 0.717) is 12.5 Å². The number of carbonyl (C=O) groups excluding carboxylic acids is 1. The zero-order valence-electron chi connectivity index (χ0n) is 16.9. The summed E-state index contributed by atoms with van der Waals surface area (Å²) < 4.78 is 0. The van der Waals surface area contributed by atoms with E-state index < -0.39 is 0 Å².